The predicted octanol–water partition coefficient (Wildman–Crippen LogP) is -0.801. The van der Waals surface area contributed by atoms with Crippen molar-refractivity contribution in [2.45, 2.75) is 44.3 Å². The van der Waals surface area contributed by atoms with E-state index in [0.717, 1.165) is 6.33 Å². The Morgan fingerprint density at radius 3 is 2.86 bits per heavy atom. The van der Waals surface area contributed by atoms with E-state index in [1.807, 2.05) is 0 Å². The molecule has 0 spiro atoms. The van der Waals surface area contributed by atoms with Gasteiger partial charge in [0, 0.05) is 6.42 Å². The van der Waals surface area contributed by atoms with Crippen molar-refractivity contribution in [3.05, 3.63) is 23.0 Å². The summed E-state index contributed by atoms with van der Waals surface area (Å²) < 4.78 is 27.6. The molecule has 1 fully saturated rings. The number of hydrogen-bond donors (Lipinski definition) is 4. The van der Waals surface area contributed by atoms with Gasteiger partial charge < -0.3 is 24.5 Å². The second-order valence-corrected chi connectivity index (χ2v) is 7.46. The molecule has 0 radical (unpaired) electrons. The first-order valence-electron chi connectivity index (χ1n) is 8.35. The number of phosphoric ester groups is 1. The van der Waals surface area contributed by atoms with E-state index in [1.54, 1.807) is 6.92 Å². The quantitative estimate of drug-likeness (QED) is 0.412. The molecule has 0 aromatic carbocycles. The average Bonchev–Trinajstić information content (AvgIpc) is 3.16. The zero-order valence-corrected chi connectivity index (χ0v) is 15.6. The first-order valence-corrected chi connectivity index (χ1v) is 9.84. The second kappa shape index (κ2) is 8.07. The molecule has 2 aromatic rings. The number of carbonyl (C=O) groups is 1. The monoisotopic (exact) mass is 418 g/mol. The molecule has 0 saturated carbocycles. The van der Waals surface area contributed by atoms with Gasteiger partial charge in [0.1, 0.15) is 18.3 Å². The number of aromatic amines is 1. The Labute approximate surface area is 157 Å². The van der Waals surface area contributed by atoms with E-state index >= 15 is 0 Å². The van der Waals surface area contributed by atoms with Crippen LogP contribution in [-0.2, 0) is 23.1 Å². The number of ether oxygens (including phenoxy) is 1. The molecule has 154 valence electrons. The molecule has 3 rings (SSSR count). The maximum atomic E-state index is 11.8. The minimum atomic E-state index is -4.70. The summed E-state index contributed by atoms with van der Waals surface area (Å²) in [5, 5.41) is 20.4. The van der Waals surface area contributed by atoms with Gasteiger partial charge in [0.25, 0.3) is 5.56 Å². The fourth-order valence-corrected chi connectivity index (χ4v) is 3.46. The summed E-state index contributed by atoms with van der Waals surface area (Å²) in [5.41, 5.74) is -0.370. The van der Waals surface area contributed by atoms with Gasteiger partial charge in [-0.15, -0.1) is 0 Å². The van der Waals surface area contributed by atoms with Gasteiger partial charge in [-0.25, -0.2) is 14.5 Å². The number of hydrogen-bond acceptors (Lipinski definition) is 10. The number of fused-ring (bicyclic) bond motifs is 1. The van der Waals surface area contributed by atoms with Crippen LogP contribution in [0.4, 0.5) is 0 Å². The number of aliphatic hydroxyl groups is 2. The molecule has 3 heterocycles. The number of rotatable bonds is 7. The number of aromatic nitrogens is 4. The van der Waals surface area contributed by atoms with Crippen molar-refractivity contribution in [3.8, 4) is 0 Å². The smallest absolute Gasteiger partial charge is 0.387 e. The van der Waals surface area contributed by atoms with Crippen molar-refractivity contribution < 1.29 is 38.3 Å². The van der Waals surface area contributed by atoms with E-state index in [0.29, 0.717) is 6.42 Å². The van der Waals surface area contributed by atoms with Crippen LogP contribution in [-0.4, -0.2) is 65.5 Å². The van der Waals surface area contributed by atoms with Crippen LogP contribution in [0.25, 0.3) is 11.2 Å². The molecule has 28 heavy (non-hydrogen) atoms. The van der Waals surface area contributed by atoms with Gasteiger partial charge >= 0.3 is 13.8 Å². The van der Waals surface area contributed by atoms with Crippen molar-refractivity contribution in [2.75, 3.05) is 6.61 Å². The molecular formula is C14H19N4O9P. The molecular weight excluding hydrogens is 399 g/mol. The van der Waals surface area contributed by atoms with Crippen molar-refractivity contribution in [1.82, 2.24) is 19.5 Å². The van der Waals surface area contributed by atoms with E-state index < -0.39 is 50.5 Å². The summed E-state index contributed by atoms with van der Waals surface area (Å²) in [4.78, 5) is 42.8. The lowest BCUT2D eigenvalue weighted by Gasteiger charge is -2.17. The third-order valence-electron chi connectivity index (χ3n) is 4.05. The number of H-pyrrole nitrogens is 1. The van der Waals surface area contributed by atoms with Gasteiger partial charge in [0.15, 0.2) is 17.4 Å². The van der Waals surface area contributed by atoms with Crippen molar-refractivity contribution in [1.29, 1.82) is 0 Å². The van der Waals surface area contributed by atoms with Gasteiger partial charge in [-0.3, -0.25) is 23.6 Å². The number of nitrogens with zero attached hydrogens (tertiary/aromatic N) is 3. The summed E-state index contributed by atoms with van der Waals surface area (Å²) in [6.45, 7) is 1.06. The van der Waals surface area contributed by atoms with Gasteiger partial charge in [-0.1, -0.05) is 6.92 Å². The topological polar surface area (TPSA) is 186 Å². The van der Waals surface area contributed by atoms with Gasteiger partial charge in [-0.05, 0) is 6.42 Å². The number of aliphatic hydroxyl groups excluding tert-OH is 2. The Bertz CT molecular complexity index is 960. The number of nitrogens with one attached hydrogen (secondary N) is 1. The van der Waals surface area contributed by atoms with Crippen LogP contribution in [0.15, 0.2) is 17.4 Å². The molecule has 0 bridgehead atoms. The molecule has 0 amide bonds. The van der Waals surface area contributed by atoms with Crippen LogP contribution in [0.1, 0.15) is 26.0 Å². The molecule has 13 nitrogen and oxygen atoms in total. The molecule has 14 heteroatoms. The summed E-state index contributed by atoms with van der Waals surface area (Å²) in [7, 11) is -4.70. The average molecular weight is 418 g/mol. The van der Waals surface area contributed by atoms with Crippen molar-refractivity contribution in [3.63, 3.8) is 0 Å². The van der Waals surface area contributed by atoms with E-state index in [1.165, 1.54) is 10.9 Å². The first kappa shape index (κ1) is 20.6. The van der Waals surface area contributed by atoms with Crippen LogP contribution in [0, 0.1) is 0 Å². The lowest BCUT2D eigenvalue weighted by molar-refractivity contribution is -0.136. The molecule has 5 unspecified atom stereocenters. The summed E-state index contributed by atoms with van der Waals surface area (Å²) in [5.74, 6) is -0.902. The highest BCUT2D eigenvalue weighted by Crippen LogP contribution is 2.45. The highest BCUT2D eigenvalue weighted by Gasteiger charge is 2.45. The normalized spacial score (nSPS) is 27.0. The maximum absolute atomic E-state index is 11.8. The molecule has 1 aliphatic heterocycles. The van der Waals surface area contributed by atoms with E-state index in [9.17, 15) is 29.3 Å². The lowest BCUT2D eigenvalue weighted by Crippen LogP contribution is -2.33. The van der Waals surface area contributed by atoms with Crippen LogP contribution in [0.2, 0.25) is 0 Å². The highest BCUT2D eigenvalue weighted by molar-refractivity contribution is 7.48. The molecule has 1 saturated heterocycles. The Hall–Kier alpha value is -2.15. The maximum Gasteiger partial charge on any atom is 0.529 e. The third kappa shape index (κ3) is 4.14. The van der Waals surface area contributed by atoms with Gasteiger partial charge in [0.2, 0.25) is 0 Å². The largest absolute Gasteiger partial charge is 0.529 e. The van der Waals surface area contributed by atoms with E-state index in [-0.39, 0.29) is 17.6 Å². The number of imidazole rings is 1. The first-order chi connectivity index (χ1) is 13.2. The van der Waals surface area contributed by atoms with Crippen LogP contribution in [0.5, 0.6) is 0 Å². The Morgan fingerprint density at radius 1 is 1.39 bits per heavy atom. The Morgan fingerprint density at radius 2 is 2.14 bits per heavy atom. The molecule has 0 aliphatic carbocycles. The molecule has 2 aromatic heterocycles. The van der Waals surface area contributed by atoms with Gasteiger partial charge in [-0.2, -0.15) is 0 Å². The molecule has 1 aliphatic rings. The lowest BCUT2D eigenvalue weighted by atomic mass is 10.1. The van der Waals surface area contributed by atoms with Crippen LogP contribution < -0.4 is 5.56 Å². The van der Waals surface area contributed by atoms with Gasteiger partial charge in [0.05, 0.1) is 19.3 Å². The summed E-state index contributed by atoms with van der Waals surface area (Å²) in [6.07, 6.45) is -2.63. The van der Waals surface area contributed by atoms with E-state index in [4.69, 9.17) is 9.26 Å². The minimum absolute atomic E-state index is 0.00943. The predicted molar refractivity (Wildman–Crippen MR) is 90.8 cm³/mol. The number of phosphoric acid groups is 1. The second-order valence-electron chi connectivity index (χ2n) is 6.08. The van der Waals surface area contributed by atoms with Crippen LogP contribution in [0.3, 0.4) is 0 Å². The number of carbonyl (C=O) groups excluding carboxylic acids is 1. The standard InChI is InChI=1S/C14H19N4O9P/c1-2-3-8(19)27-28(23,24)25-4-7-10(20)11(21)14(26-7)18-6-17-9-12(18)15-5-16-13(9)22/h5-7,10-11,14,20-21H,2-4H2,1H3,(H,23,24)(H,15,16,22). The fourth-order valence-electron chi connectivity index (χ4n) is 2.72. The van der Waals surface area contributed by atoms with Crippen molar-refractivity contribution >= 4 is 25.0 Å². The zero-order valence-electron chi connectivity index (χ0n) is 14.7. The molecule has 4 N–H and O–H groups in total. The van der Waals surface area contributed by atoms with Crippen LogP contribution >= 0.6 is 7.82 Å². The Kier molecular flexibility index (Phi) is 5.93. The van der Waals surface area contributed by atoms with Crippen molar-refractivity contribution in [2.24, 2.45) is 0 Å². The third-order valence-corrected chi connectivity index (χ3v) is 4.96. The Balaban J connectivity index is 1.70. The minimum Gasteiger partial charge on any atom is -0.387 e. The SMILES string of the molecule is CCCC(=O)OP(=O)(O)OCC1OC(n2cnc3c(=O)[nH]cnc32)C(O)C1O. The molecule has 5 atom stereocenters. The zero-order chi connectivity index (χ0) is 20.5. The highest BCUT2D eigenvalue weighted by atomic mass is 31.2. The fraction of sp³-hybridized carbons (Fsp3) is 0.571. The van der Waals surface area contributed by atoms with E-state index in [2.05, 4.69) is 19.5 Å². The summed E-state index contributed by atoms with van der Waals surface area (Å²) in [6, 6.07) is 0. The summed E-state index contributed by atoms with van der Waals surface area (Å²) >= 11 is 0.